The molecule has 78 valence electrons. The smallest absolute Gasteiger partial charge is 0.147 e. The lowest BCUT2D eigenvalue weighted by molar-refractivity contribution is 0.223. The van der Waals surface area contributed by atoms with Crippen LogP contribution in [0.5, 0.6) is 5.75 Å². The van der Waals surface area contributed by atoms with Crippen molar-refractivity contribution in [2.75, 3.05) is 7.05 Å². The largest absolute Gasteiger partial charge is 0.409 e. The van der Waals surface area contributed by atoms with E-state index >= 15 is 0 Å². The molecule has 0 fully saturated rings. The number of nitrogens with one attached hydrogen (secondary N) is 1. The van der Waals surface area contributed by atoms with Crippen molar-refractivity contribution in [3.8, 4) is 5.75 Å². The van der Waals surface area contributed by atoms with Crippen LogP contribution >= 0.6 is 0 Å². The number of aliphatic hydroxyl groups excluding tert-OH is 1. The molecule has 3 nitrogen and oxygen atoms in total. The van der Waals surface area contributed by atoms with Gasteiger partial charge in [0.15, 0.2) is 0 Å². The van der Waals surface area contributed by atoms with Gasteiger partial charge >= 0.3 is 0 Å². The maximum atomic E-state index is 9.11. The van der Waals surface area contributed by atoms with Crippen molar-refractivity contribution in [2.45, 2.75) is 26.4 Å². The molecule has 0 saturated carbocycles. The van der Waals surface area contributed by atoms with Gasteiger partial charge in [0.1, 0.15) is 5.75 Å². The third-order valence-electron chi connectivity index (χ3n) is 2.09. The number of benzene rings is 1. The zero-order valence-corrected chi connectivity index (χ0v) is 8.71. The lowest BCUT2D eigenvalue weighted by atomic mass is 10.0. The summed E-state index contributed by atoms with van der Waals surface area (Å²) in [7, 11) is 1.72. The van der Waals surface area contributed by atoms with Gasteiger partial charge in [0, 0.05) is 7.05 Å². The van der Waals surface area contributed by atoms with Crippen molar-refractivity contribution >= 4 is 0 Å². The first-order valence-corrected chi connectivity index (χ1v) is 4.88. The molecule has 0 aromatic heterocycles. The van der Waals surface area contributed by atoms with E-state index in [4.69, 9.17) is 9.94 Å². The van der Waals surface area contributed by atoms with Crippen molar-refractivity contribution in [3.63, 3.8) is 0 Å². The summed E-state index contributed by atoms with van der Waals surface area (Å²) in [6, 6.07) is 5.71. The fraction of sp³-hybridized carbons (Fsp3) is 0.455. The Hall–Kier alpha value is -1.06. The van der Waals surface area contributed by atoms with E-state index in [9.17, 15) is 0 Å². The Morgan fingerprint density at radius 1 is 1.36 bits per heavy atom. The van der Waals surface area contributed by atoms with E-state index in [2.05, 4.69) is 12.4 Å². The minimum absolute atomic E-state index is 0.0924. The molecule has 0 saturated heterocycles. The second-order valence-corrected chi connectivity index (χ2v) is 3.14. The van der Waals surface area contributed by atoms with Gasteiger partial charge in [-0.2, -0.15) is 5.48 Å². The molecule has 1 aromatic rings. The normalized spacial score (nSPS) is 10.2. The second-order valence-electron chi connectivity index (χ2n) is 3.14. The topological polar surface area (TPSA) is 41.5 Å². The van der Waals surface area contributed by atoms with Gasteiger partial charge in [-0.1, -0.05) is 19.4 Å². The van der Waals surface area contributed by atoms with Crippen LogP contribution in [0.25, 0.3) is 0 Å². The van der Waals surface area contributed by atoms with Crippen LogP contribution in [0.15, 0.2) is 18.2 Å². The summed E-state index contributed by atoms with van der Waals surface area (Å²) in [4.78, 5) is 5.16. The first-order valence-electron chi connectivity index (χ1n) is 4.88. The molecule has 0 aliphatic rings. The Bertz CT molecular complexity index is 287. The maximum Gasteiger partial charge on any atom is 0.147 e. The number of hydrogen-bond acceptors (Lipinski definition) is 3. The summed E-state index contributed by atoms with van der Waals surface area (Å²) in [5.41, 5.74) is 4.77. The standard InChI is InChI=1S/C11H17NO2/c1-3-4-9-7-11(14-12-2)6-5-10(9)8-13/h5-7,12-13H,3-4,8H2,1-2H3. The van der Waals surface area contributed by atoms with Gasteiger partial charge in [0.2, 0.25) is 0 Å². The minimum Gasteiger partial charge on any atom is -0.409 e. The average Bonchev–Trinajstić information content (AvgIpc) is 2.19. The summed E-state index contributed by atoms with van der Waals surface area (Å²) < 4.78 is 0. The molecular weight excluding hydrogens is 178 g/mol. The van der Waals surface area contributed by atoms with E-state index in [0.29, 0.717) is 0 Å². The molecule has 0 bridgehead atoms. The van der Waals surface area contributed by atoms with E-state index in [1.807, 2.05) is 18.2 Å². The Labute approximate surface area is 84.7 Å². The van der Waals surface area contributed by atoms with Crippen LogP contribution < -0.4 is 10.3 Å². The van der Waals surface area contributed by atoms with E-state index in [-0.39, 0.29) is 6.61 Å². The molecule has 0 aliphatic heterocycles. The summed E-state index contributed by atoms with van der Waals surface area (Å²) in [5.74, 6) is 0.785. The zero-order valence-electron chi connectivity index (χ0n) is 8.71. The molecular formula is C11H17NO2. The van der Waals surface area contributed by atoms with Gasteiger partial charge in [-0.25, -0.2) is 0 Å². The predicted octanol–water partition coefficient (Wildman–Crippen LogP) is 1.64. The van der Waals surface area contributed by atoms with Crippen LogP contribution in [0.2, 0.25) is 0 Å². The molecule has 1 rings (SSSR count). The molecule has 0 radical (unpaired) electrons. The number of aryl methyl sites for hydroxylation is 1. The molecule has 0 atom stereocenters. The quantitative estimate of drug-likeness (QED) is 0.702. The van der Waals surface area contributed by atoms with Crippen LogP contribution in [-0.2, 0) is 13.0 Å². The molecule has 0 spiro atoms. The number of hydrogen-bond donors (Lipinski definition) is 2. The third-order valence-corrected chi connectivity index (χ3v) is 2.09. The Morgan fingerprint density at radius 3 is 2.71 bits per heavy atom. The van der Waals surface area contributed by atoms with Crippen molar-refractivity contribution in [2.24, 2.45) is 0 Å². The zero-order chi connectivity index (χ0) is 10.4. The summed E-state index contributed by atoms with van der Waals surface area (Å²) in [6.07, 6.45) is 2.03. The fourth-order valence-electron chi connectivity index (χ4n) is 1.44. The highest BCUT2D eigenvalue weighted by molar-refractivity contribution is 5.35. The van der Waals surface area contributed by atoms with Gasteiger partial charge in [-0.05, 0) is 29.7 Å². The Kier molecular flexibility index (Phi) is 4.43. The van der Waals surface area contributed by atoms with Crippen molar-refractivity contribution in [1.29, 1.82) is 0 Å². The minimum atomic E-state index is 0.0924. The molecule has 0 unspecified atom stereocenters. The van der Waals surface area contributed by atoms with Gasteiger partial charge < -0.3 is 9.94 Å². The highest BCUT2D eigenvalue weighted by Gasteiger charge is 2.02. The van der Waals surface area contributed by atoms with Crippen LogP contribution in [0.1, 0.15) is 24.5 Å². The van der Waals surface area contributed by atoms with E-state index in [0.717, 1.165) is 29.7 Å². The van der Waals surface area contributed by atoms with Gasteiger partial charge in [0.25, 0.3) is 0 Å². The Morgan fingerprint density at radius 2 is 2.14 bits per heavy atom. The van der Waals surface area contributed by atoms with Crippen molar-refractivity contribution < 1.29 is 9.94 Å². The second kappa shape index (κ2) is 5.62. The SMILES string of the molecule is CCCc1cc(ONC)ccc1CO. The monoisotopic (exact) mass is 195 g/mol. The van der Waals surface area contributed by atoms with Crippen molar-refractivity contribution in [1.82, 2.24) is 5.48 Å². The lowest BCUT2D eigenvalue weighted by Crippen LogP contribution is -2.11. The Balaban J connectivity index is 2.88. The average molecular weight is 195 g/mol. The molecule has 0 amide bonds. The van der Waals surface area contributed by atoms with Crippen LogP contribution in [0, 0.1) is 0 Å². The molecule has 0 aliphatic carbocycles. The lowest BCUT2D eigenvalue weighted by Gasteiger charge is -2.09. The van der Waals surface area contributed by atoms with E-state index in [1.165, 1.54) is 0 Å². The van der Waals surface area contributed by atoms with Gasteiger partial charge in [-0.3, -0.25) is 0 Å². The molecule has 2 N–H and O–H groups in total. The fourth-order valence-corrected chi connectivity index (χ4v) is 1.44. The first kappa shape index (κ1) is 11.0. The van der Waals surface area contributed by atoms with Crippen LogP contribution in [0.3, 0.4) is 0 Å². The summed E-state index contributed by atoms with van der Waals surface area (Å²) >= 11 is 0. The number of aliphatic hydroxyl groups is 1. The third kappa shape index (κ3) is 2.72. The number of hydroxylamine groups is 1. The molecule has 14 heavy (non-hydrogen) atoms. The van der Waals surface area contributed by atoms with Gasteiger partial charge in [-0.15, -0.1) is 0 Å². The van der Waals surface area contributed by atoms with Crippen LogP contribution in [-0.4, -0.2) is 12.2 Å². The number of rotatable bonds is 5. The highest BCUT2D eigenvalue weighted by Crippen LogP contribution is 2.18. The van der Waals surface area contributed by atoms with Crippen LogP contribution in [0.4, 0.5) is 0 Å². The van der Waals surface area contributed by atoms with E-state index < -0.39 is 0 Å². The predicted molar refractivity (Wildman–Crippen MR) is 56.0 cm³/mol. The maximum absolute atomic E-state index is 9.11. The molecule has 3 heteroatoms. The molecule has 0 heterocycles. The summed E-state index contributed by atoms with van der Waals surface area (Å²) in [6.45, 7) is 2.21. The first-order chi connectivity index (χ1) is 6.81. The molecule has 1 aromatic carbocycles. The van der Waals surface area contributed by atoms with E-state index in [1.54, 1.807) is 7.05 Å². The van der Waals surface area contributed by atoms with Crippen molar-refractivity contribution in [3.05, 3.63) is 29.3 Å². The highest BCUT2D eigenvalue weighted by atomic mass is 16.6. The van der Waals surface area contributed by atoms with Gasteiger partial charge in [0.05, 0.1) is 6.61 Å². The summed E-state index contributed by atoms with van der Waals surface area (Å²) in [5, 5.41) is 9.11.